The van der Waals surface area contributed by atoms with Gasteiger partial charge in [0.25, 0.3) is 0 Å². The zero-order valence-electron chi connectivity index (χ0n) is 9.24. The Labute approximate surface area is 90.3 Å². The molecule has 4 heteroatoms. The van der Waals surface area contributed by atoms with Crippen LogP contribution in [0, 0.1) is 0 Å². The third-order valence-corrected chi connectivity index (χ3v) is 3.15. The quantitative estimate of drug-likeness (QED) is 0.759. The maximum Gasteiger partial charge on any atom is 0.0939 e. The van der Waals surface area contributed by atoms with Crippen LogP contribution in [0.4, 0.5) is 0 Å². The minimum absolute atomic E-state index is 0.670. The molecule has 0 bridgehead atoms. The largest absolute Gasteiger partial charge is 0.385 e. The first-order valence-electron chi connectivity index (χ1n) is 5.70. The molecule has 84 valence electrons. The van der Waals surface area contributed by atoms with Crippen molar-refractivity contribution in [2.24, 2.45) is 0 Å². The Hall–Kier alpha value is -0.870. The van der Waals surface area contributed by atoms with Crippen LogP contribution in [0.25, 0.3) is 0 Å². The summed E-state index contributed by atoms with van der Waals surface area (Å²) in [6.45, 7) is 4.79. The van der Waals surface area contributed by atoms with Crippen molar-refractivity contribution in [2.75, 3.05) is 13.1 Å². The smallest absolute Gasteiger partial charge is 0.0939 e. The van der Waals surface area contributed by atoms with E-state index >= 15 is 0 Å². The minimum Gasteiger partial charge on any atom is -0.385 e. The van der Waals surface area contributed by atoms with Gasteiger partial charge in [0, 0.05) is 18.3 Å². The molecule has 2 N–H and O–H groups in total. The highest BCUT2D eigenvalue weighted by molar-refractivity contribution is 5.15. The second kappa shape index (κ2) is 4.33. The number of aryl methyl sites for hydroxylation is 1. The first kappa shape index (κ1) is 10.6. The van der Waals surface area contributed by atoms with E-state index < -0.39 is 5.60 Å². The van der Waals surface area contributed by atoms with Crippen molar-refractivity contribution in [3.63, 3.8) is 0 Å². The van der Waals surface area contributed by atoms with Gasteiger partial charge >= 0.3 is 0 Å². The molecule has 1 atom stereocenters. The average molecular weight is 209 g/mol. The van der Waals surface area contributed by atoms with Crippen molar-refractivity contribution >= 4 is 0 Å². The highest BCUT2D eigenvalue weighted by atomic mass is 16.3. The Bertz CT molecular complexity index is 313. The molecule has 2 heterocycles. The second-order valence-corrected chi connectivity index (χ2v) is 4.22. The number of nitrogens with one attached hydrogen (secondary N) is 1. The van der Waals surface area contributed by atoms with Crippen LogP contribution in [0.3, 0.4) is 0 Å². The number of hydrogen-bond acceptors (Lipinski definition) is 3. The summed E-state index contributed by atoms with van der Waals surface area (Å²) in [6.07, 6.45) is 6.39. The van der Waals surface area contributed by atoms with Crippen molar-refractivity contribution in [2.45, 2.75) is 38.3 Å². The standard InChI is InChI=1S/C11H19N3O/c1-2-14-9-10(8-13-14)11(15)4-3-6-12-7-5-11/h8-9,12,15H,2-7H2,1H3. The summed E-state index contributed by atoms with van der Waals surface area (Å²) in [6, 6.07) is 0. The van der Waals surface area contributed by atoms with Gasteiger partial charge < -0.3 is 10.4 Å². The van der Waals surface area contributed by atoms with Crippen LogP contribution < -0.4 is 5.32 Å². The van der Waals surface area contributed by atoms with Gasteiger partial charge in [-0.05, 0) is 39.3 Å². The maximum atomic E-state index is 10.5. The van der Waals surface area contributed by atoms with Gasteiger partial charge in [-0.25, -0.2) is 0 Å². The summed E-state index contributed by atoms with van der Waals surface area (Å²) in [5, 5.41) is 18.1. The van der Waals surface area contributed by atoms with Crippen molar-refractivity contribution in [3.8, 4) is 0 Å². The van der Waals surface area contributed by atoms with Crippen LogP contribution >= 0.6 is 0 Å². The molecule has 1 fully saturated rings. The summed E-state index contributed by atoms with van der Waals surface area (Å²) in [5.41, 5.74) is 0.296. The zero-order chi connectivity index (χ0) is 10.7. The molecule has 0 aliphatic carbocycles. The third-order valence-electron chi connectivity index (χ3n) is 3.15. The van der Waals surface area contributed by atoms with Gasteiger partial charge in [0.05, 0.1) is 11.8 Å². The van der Waals surface area contributed by atoms with Gasteiger partial charge in [-0.1, -0.05) is 0 Å². The molecule has 1 aromatic heterocycles. The Kier molecular flexibility index (Phi) is 3.07. The monoisotopic (exact) mass is 209 g/mol. The molecule has 1 unspecified atom stereocenters. The molecular formula is C11H19N3O. The normalized spacial score (nSPS) is 27.6. The molecular weight excluding hydrogens is 190 g/mol. The fourth-order valence-electron chi connectivity index (χ4n) is 2.12. The van der Waals surface area contributed by atoms with E-state index in [9.17, 15) is 5.11 Å². The molecule has 1 aliphatic rings. The summed E-state index contributed by atoms with van der Waals surface area (Å²) in [5.74, 6) is 0. The van der Waals surface area contributed by atoms with Crippen molar-refractivity contribution < 1.29 is 5.11 Å². The lowest BCUT2D eigenvalue weighted by Gasteiger charge is -2.24. The molecule has 2 rings (SSSR count). The van der Waals surface area contributed by atoms with Crippen LogP contribution in [-0.4, -0.2) is 28.0 Å². The van der Waals surface area contributed by atoms with Crippen LogP contribution in [-0.2, 0) is 12.1 Å². The minimum atomic E-state index is -0.670. The Morgan fingerprint density at radius 1 is 1.53 bits per heavy atom. The lowest BCUT2D eigenvalue weighted by molar-refractivity contribution is 0.0239. The fourth-order valence-corrected chi connectivity index (χ4v) is 2.12. The Balaban J connectivity index is 2.18. The van der Waals surface area contributed by atoms with Gasteiger partial charge in [-0.15, -0.1) is 0 Å². The molecule has 0 amide bonds. The van der Waals surface area contributed by atoms with Crippen LogP contribution in [0.1, 0.15) is 31.7 Å². The molecule has 1 saturated heterocycles. The molecule has 0 saturated carbocycles. The Morgan fingerprint density at radius 3 is 3.13 bits per heavy atom. The summed E-state index contributed by atoms with van der Waals surface area (Å²) < 4.78 is 1.87. The van der Waals surface area contributed by atoms with E-state index in [0.29, 0.717) is 0 Å². The van der Waals surface area contributed by atoms with Gasteiger partial charge in [0.15, 0.2) is 0 Å². The van der Waals surface area contributed by atoms with Gasteiger partial charge in [-0.3, -0.25) is 4.68 Å². The first-order valence-corrected chi connectivity index (χ1v) is 5.70. The van der Waals surface area contributed by atoms with Crippen molar-refractivity contribution in [1.82, 2.24) is 15.1 Å². The summed E-state index contributed by atoms with van der Waals surface area (Å²) >= 11 is 0. The molecule has 1 aromatic rings. The zero-order valence-corrected chi connectivity index (χ0v) is 9.24. The van der Waals surface area contributed by atoms with Gasteiger partial charge in [-0.2, -0.15) is 5.10 Å². The van der Waals surface area contributed by atoms with E-state index in [0.717, 1.165) is 44.5 Å². The number of aliphatic hydroxyl groups is 1. The summed E-state index contributed by atoms with van der Waals surface area (Å²) in [4.78, 5) is 0. The molecule has 1 aliphatic heterocycles. The molecule has 0 spiro atoms. The molecule has 0 radical (unpaired) electrons. The lowest BCUT2D eigenvalue weighted by atomic mass is 9.89. The second-order valence-electron chi connectivity index (χ2n) is 4.22. The van der Waals surface area contributed by atoms with Crippen LogP contribution in [0.5, 0.6) is 0 Å². The summed E-state index contributed by atoms with van der Waals surface area (Å²) in [7, 11) is 0. The highest BCUT2D eigenvalue weighted by Gasteiger charge is 2.31. The third kappa shape index (κ3) is 2.21. The SMILES string of the molecule is CCn1cc(C2(O)CCCNCC2)cn1. The topological polar surface area (TPSA) is 50.1 Å². The first-order chi connectivity index (χ1) is 7.24. The van der Waals surface area contributed by atoms with Crippen molar-refractivity contribution in [1.29, 1.82) is 0 Å². The predicted octanol–water partition coefficient (Wildman–Crippen LogP) is 0.864. The predicted molar refractivity (Wildman–Crippen MR) is 58.5 cm³/mol. The number of rotatable bonds is 2. The van der Waals surface area contributed by atoms with E-state index in [1.165, 1.54) is 0 Å². The average Bonchev–Trinajstić information content (AvgIpc) is 2.63. The molecule has 15 heavy (non-hydrogen) atoms. The molecule has 4 nitrogen and oxygen atoms in total. The maximum absolute atomic E-state index is 10.5. The van der Waals surface area contributed by atoms with Crippen LogP contribution in [0.2, 0.25) is 0 Å². The number of hydrogen-bond donors (Lipinski definition) is 2. The molecule has 0 aromatic carbocycles. The highest BCUT2D eigenvalue weighted by Crippen LogP contribution is 2.30. The van der Waals surface area contributed by atoms with Crippen molar-refractivity contribution in [3.05, 3.63) is 18.0 Å². The van der Waals surface area contributed by atoms with E-state index in [2.05, 4.69) is 17.3 Å². The van der Waals surface area contributed by atoms with E-state index in [1.807, 2.05) is 10.9 Å². The van der Waals surface area contributed by atoms with Crippen LogP contribution in [0.15, 0.2) is 12.4 Å². The number of nitrogens with zero attached hydrogens (tertiary/aromatic N) is 2. The Morgan fingerprint density at radius 2 is 2.40 bits per heavy atom. The fraction of sp³-hybridized carbons (Fsp3) is 0.727. The van der Waals surface area contributed by atoms with Gasteiger partial charge in [0.1, 0.15) is 0 Å². The number of aromatic nitrogens is 2. The lowest BCUT2D eigenvalue weighted by Crippen LogP contribution is -2.26. The van der Waals surface area contributed by atoms with E-state index in [4.69, 9.17) is 0 Å². The van der Waals surface area contributed by atoms with E-state index in [-0.39, 0.29) is 0 Å². The van der Waals surface area contributed by atoms with E-state index in [1.54, 1.807) is 6.20 Å². The van der Waals surface area contributed by atoms with Gasteiger partial charge in [0.2, 0.25) is 0 Å².